The average Bonchev–Trinajstić information content (AvgIpc) is 2.61. The van der Waals surface area contributed by atoms with Crippen LogP contribution in [0.2, 0.25) is 0 Å². The summed E-state index contributed by atoms with van der Waals surface area (Å²) >= 11 is 0. The van der Waals surface area contributed by atoms with Gasteiger partial charge in [0.15, 0.2) is 5.78 Å². The first-order valence-electron chi connectivity index (χ1n) is 9.00. The minimum absolute atomic E-state index is 0.00574. The molecule has 150 valence electrons. The molecule has 2 N–H and O–H groups in total. The summed E-state index contributed by atoms with van der Waals surface area (Å²) in [6.07, 6.45) is 0.00574. The van der Waals surface area contributed by atoms with Crippen LogP contribution < -0.4 is 10.0 Å². The summed E-state index contributed by atoms with van der Waals surface area (Å²) in [5, 5.41) is 2.76. The molecule has 0 aliphatic carbocycles. The number of nitrogens with one attached hydrogen (secondary N) is 2. The first-order valence-corrected chi connectivity index (χ1v) is 10.5. The van der Waals surface area contributed by atoms with Crippen molar-refractivity contribution in [1.82, 2.24) is 4.72 Å². The summed E-state index contributed by atoms with van der Waals surface area (Å²) in [4.78, 5) is 23.4. The van der Waals surface area contributed by atoms with Crippen molar-refractivity contribution in [3.05, 3.63) is 59.7 Å². The topological polar surface area (TPSA) is 92.3 Å². The highest BCUT2D eigenvalue weighted by Crippen LogP contribution is 2.23. The molecule has 6 nitrogen and oxygen atoms in total. The Labute approximate surface area is 166 Å². The van der Waals surface area contributed by atoms with E-state index >= 15 is 0 Å². The maximum atomic E-state index is 12.3. The third-order valence-electron chi connectivity index (χ3n) is 4.25. The lowest BCUT2D eigenvalue weighted by atomic mass is 9.87. The molecule has 0 saturated heterocycles. The zero-order valence-electron chi connectivity index (χ0n) is 16.6. The number of hydrogen-bond donors (Lipinski definition) is 2. The van der Waals surface area contributed by atoms with E-state index in [9.17, 15) is 18.0 Å². The molecular formula is C21H26N2O4S. The van der Waals surface area contributed by atoms with E-state index in [2.05, 4.69) is 30.8 Å². The highest BCUT2D eigenvalue weighted by atomic mass is 32.2. The second kappa shape index (κ2) is 8.67. The Morgan fingerprint density at radius 3 is 2.00 bits per heavy atom. The van der Waals surface area contributed by atoms with E-state index in [4.69, 9.17) is 0 Å². The maximum absolute atomic E-state index is 12.3. The standard InChI is InChI=1S/C21H26N2O4S/c1-15(24)16-5-11-19(12-6-16)28(26,27)22-14-13-20(25)23-18-9-7-17(8-10-18)21(2,3)4/h5-12,22H,13-14H2,1-4H3,(H,23,25). The van der Waals surface area contributed by atoms with Gasteiger partial charge in [-0.3, -0.25) is 9.59 Å². The Hall–Kier alpha value is -2.51. The fourth-order valence-electron chi connectivity index (χ4n) is 2.53. The van der Waals surface area contributed by atoms with Crippen molar-refractivity contribution in [2.75, 3.05) is 11.9 Å². The van der Waals surface area contributed by atoms with Gasteiger partial charge in [-0.2, -0.15) is 0 Å². The van der Waals surface area contributed by atoms with Crippen molar-refractivity contribution in [2.45, 2.75) is 44.4 Å². The molecule has 0 spiro atoms. The van der Waals surface area contributed by atoms with Crippen molar-refractivity contribution in [3.8, 4) is 0 Å². The second-order valence-electron chi connectivity index (χ2n) is 7.60. The van der Waals surface area contributed by atoms with Gasteiger partial charge >= 0.3 is 0 Å². The van der Waals surface area contributed by atoms with Gasteiger partial charge in [-0.1, -0.05) is 45.0 Å². The van der Waals surface area contributed by atoms with Gasteiger partial charge < -0.3 is 5.32 Å². The van der Waals surface area contributed by atoms with E-state index in [1.54, 1.807) is 0 Å². The van der Waals surface area contributed by atoms with Crippen LogP contribution in [0, 0.1) is 0 Å². The summed E-state index contributed by atoms with van der Waals surface area (Å²) in [6, 6.07) is 13.3. The average molecular weight is 403 g/mol. The number of carbonyl (C=O) groups excluding carboxylic acids is 2. The fourth-order valence-corrected chi connectivity index (χ4v) is 3.56. The summed E-state index contributed by atoms with van der Waals surface area (Å²) in [5.74, 6) is -0.415. The van der Waals surface area contributed by atoms with Gasteiger partial charge in [0.2, 0.25) is 15.9 Å². The van der Waals surface area contributed by atoms with Crippen molar-refractivity contribution >= 4 is 27.4 Å². The van der Waals surface area contributed by atoms with Crippen LogP contribution in [0.5, 0.6) is 0 Å². The monoisotopic (exact) mass is 402 g/mol. The van der Waals surface area contributed by atoms with Crippen LogP contribution >= 0.6 is 0 Å². The van der Waals surface area contributed by atoms with Gasteiger partial charge in [0.1, 0.15) is 0 Å². The van der Waals surface area contributed by atoms with Crippen LogP contribution in [0.15, 0.2) is 53.4 Å². The normalized spacial score (nSPS) is 11.9. The van der Waals surface area contributed by atoms with E-state index < -0.39 is 10.0 Å². The van der Waals surface area contributed by atoms with Crippen LogP contribution in [0.1, 0.15) is 50.0 Å². The number of sulfonamides is 1. The van der Waals surface area contributed by atoms with Gasteiger partial charge in [-0.25, -0.2) is 13.1 Å². The quantitative estimate of drug-likeness (QED) is 0.694. The molecule has 28 heavy (non-hydrogen) atoms. The molecule has 0 fully saturated rings. The summed E-state index contributed by atoms with van der Waals surface area (Å²) in [7, 11) is -3.73. The number of ketones is 1. The van der Waals surface area contributed by atoms with Crippen molar-refractivity contribution in [2.24, 2.45) is 0 Å². The highest BCUT2D eigenvalue weighted by molar-refractivity contribution is 7.89. The van der Waals surface area contributed by atoms with Crippen molar-refractivity contribution < 1.29 is 18.0 Å². The minimum Gasteiger partial charge on any atom is -0.326 e. The van der Waals surface area contributed by atoms with Gasteiger partial charge in [0, 0.05) is 24.2 Å². The molecule has 0 saturated carbocycles. The molecular weight excluding hydrogens is 376 g/mol. The highest BCUT2D eigenvalue weighted by Gasteiger charge is 2.15. The lowest BCUT2D eigenvalue weighted by molar-refractivity contribution is -0.116. The molecule has 0 radical (unpaired) electrons. The number of anilines is 1. The SMILES string of the molecule is CC(=O)c1ccc(S(=O)(=O)NCCC(=O)Nc2ccc(C(C)(C)C)cc2)cc1. The summed E-state index contributed by atoms with van der Waals surface area (Å²) in [5.41, 5.74) is 2.30. The second-order valence-corrected chi connectivity index (χ2v) is 9.37. The van der Waals surface area contributed by atoms with E-state index in [1.165, 1.54) is 31.2 Å². The predicted octanol–water partition coefficient (Wildman–Crippen LogP) is 3.49. The molecule has 2 rings (SSSR count). The smallest absolute Gasteiger partial charge is 0.240 e. The largest absolute Gasteiger partial charge is 0.326 e. The first-order chi connectivity index (χ1) is 13.0. The molecule has 0 aromatic heterocycles. The van der Waals surface area contributed by atoms with Gasteiger partial charge in [0.25, 0.3) is 0 Å². The van der Waals surface area contributed by atoms with E-state index in [0.29, 0.717) is 11.3 Å². The zero-order valence-corrected chi connectivity index (χ0v) is 17.4. The molecule has 1 amide bonds. The molecule has 0 aliphatic heterocycles. The maximum Gasteiger partial charge on any atom is 0.240 e. The summed E-state index contributed by atoms with van der Waals surface area (Å²) < 4.78 is 26.9. The van der Waals surface area contributed by atoms with Crippen LogP contribution in [-0.2, 0) is 20.2 Å². The third-order valence-corrected chi connectivity index (χ3v) is 5.73. The number of rotatable bonds is 7. The van der Waals surface area contributed by atoms with Crippen LogP contribution in [-0.4, -0.2) is 26.7 Å². The van der Waals surface area contributed by atoms with Gasteiger partial charge in [0.05, 0.1) is 4.90 Å². The molecule has 2 aromatic carbocycles. The number of benzene rings is 2. The number of amides is 1. The Balaban J connectivity index is 1.88. The fraction of sp³-hybridized carbons (Fsp3) is 0.333. The molecule has 0 atom stereocenters. The Morgan fingerprint density at radius 1 is 0.929 bits per heavy atom. The Kier molecular flexibility index (Phi) is 6.74. The van der Waals surface area contributed by atoms with Crippen LogP contribution in [0.3, 0.4) is 0 Å². The molecule has 0 aliphatic rings. The molecule has 0 bridgehead atoms. The predicted molar refractivity (Wildman–Crippen MR) is 110 cm³/mol. The first kappa shape index (κ1) is 21.8. The minimum atomic E-state index is -3.73. The lowest BCUT2D eigenvalue weighted by Gasteiger charge is -2.19. The molecule has 7 heteroatoms. The molecule has 0 heterocycles. The van der Waals surface area contributed by atoms with Crippen molar-refractivity contribution in [3.63, 3.8) is 0 Å². The van der Waals surface area contributed by atoms with Crippen LogP contribution in [0.4, 0.5) is 5.69 Å². The molecule has 0 unspecified atom stereocenters. The van der Waals surface area contributed by atoms with Gasteiger partial charge in [-0.15, -0.1) is 0 Å². The number of Topliss-reactive ketones (excluding diaryl/α,β-unsaturated/α-hetero) is 1. The van der Waals surface area contributed by atoms with E-state index in [1.807, 2.05) is 24.3 Å². The lowest BCUT2D eigenvalue weighted by Crippen LogP contribution is -2.27. The number of hydrogen-bond acceptors (Lipinski definition) is 4. The van der Waals surface area contributed by atoms with Gasteiger partial charge in [-0.05, 0) is 42.2 Å². The Morgan fingerprint density at radius 2 is 1.50 bits per heavy atom. The Bertz CT molecular complexity index is 941. The van der Waals surface area contributed by atoms with E-state index in [-0.39, 0.29) is 35.0 Å². The molecule has 2 aromatic rings. The summed E-state index contributed by atoms with van der Waals surface area (Å²) in [6.45, 7) is 7.72. The third kappa shape index (κ3) is 6.00. The van der Waals surface area contributed by atoms with Crippen LogP contribution in [0.25, 0.3) is 0 Å². The van der Waals surface area contributed by atoms with E-state index in [0.717, 1.165) is 5.56 Å². The zero-order chi connectivity index (χ0) is 20.9. The van der Waals surface area contributed by atoms with Crippen molar-refractivity contribution in [1.29, 1.82) is 0 Å². The number of carbonyl (C=O) groups is 2.